The van der Waals surface area contributed by atoms with Gasteiger partial charge in [-0.25, -0.2) is 4.79 Å². The molecule has 0 unspecified atom stereocenters. The molecule has 0 fully saturated rings. The summed E-state index contributed by atoms with van der Waals surface area (Å²) in [6.45, 7) is 8.04. The molecule has 1 aromatic rings. The van der Waals surface area contributed by atoms with E-state index >= 15 is 0 Å². The number of nitrogens with one attached hydrogen (secondary N) is 3. The first-order valence-corrected chi connectivity index (χ1v) is 9.26. The summed E-state index contributed by atoms with van der Waals surface area (Å²) in [5.41, 5.74) is 0.663. The Morgan fingerprint density at radius 3 is 2.41 bits per heavy atom. The molecule has 0 spiro atoms. The van der Waals surface area contributed by atoms with Crippen molar-refractivity contribution in [3.05, 3.63) is 22.7 Å². The molecule has 0 aliphatic carbocycles. The van der Waals surface area contributed by atoms with Crippen molar-refractivity contribution in [3.63, 3.8) is 0 Å². The molecule has 1 aromatic carbocycles. The van der Waals surface area contributed by atoms with E-state index in [0.717, 1.165) is 19.6 Å². The van der Waals surface area contributed by atoms with Crippen molar-refractivity contribution in [2.24, 2.45) is 0 Å². The van der Waals surface area contributed by atoms with Gasteiger partial charge in [0.25, 0.3) is 5.91 Å². The van der Waals surface area contributed by atoms with Crippen LogP contribution in [-0.2, 0) is 4.74 Å². The number of benzene rings is 1. The van der Waals surface area contributed by atoms with Gasteiger partial charge in [-0.2, -0.15) is 0 Å². The van der Waals surface area contributed by atoms with Gasteiger partial charge in [-0.05, 0) is 19.2 Å². The van der Waals surface area contributed by atoms with Gasteiger partial charge in [-0.3, -0.25) is 4.79 Å². The SMILES string of the molecule is CCN(CC)CCNC(=O)c1cc(Cl)c(NC(=O)NCCOC)cc1OC. The lowest BCUT2D eigenvalue weighted by molar-refractivity contribution is 0.0946. The number of halogens is 1. The second-order valence-electron chi connectivity index (χ2n) is 5.69. The summed E-state index contributed by atoms with van der Waals surface area (Å²) in [6, 6.07) is 2.59. The Labute approximate surface area is 165 Å². The maximum Gasteiger partial charge on any atom is 0.319 e. The molecule has 3 amide bonds. The van der Waals surface area contributed by atoms with Gasteiger partial charge >= 0.3 is 6.03 Å². The zero-order valence-electron chi connectivity index (χ0n) is 16.4. The minimum atomic E-state index is -0.424. The maximum absolute atomic E-state index is 12.5. The van der Waals surface area contributed by atoms with E-state index in [1.807, 2.05) is 0 Å². The Hall–Kier alpha value is -2.03. The monoisotopic (exact) mass is 400 g/mol. The lowest BCUT2D eigenvalue weighted by Gasteiger charge is -2.18. The number of hydrogen-bond acceptors (Lipinski definition) is 5. The summed E-state index contributed by atoms with van der Waals surface area (Å²) < 4.78 is 10.2. The van der Waals surface area contributed by atoms with E-state index in [2.05, 4.69) is 34.7 Å². The number of carbonyl (C=O) groups is 2. The standard InChI is InChI=1S/C18H29ClN4O4/c1-5-23(6-2)9-7-20-17(24)13-11-14(19)15(12-16(13)27-4)22-18(25)21-8-10-26-3/h11-12H,5-10H2,1-4H3,(H,20,24)(H2,21,22,25). The van der Waals surface area contributed by atoms with Crippen molar-refractivity contribution in [1.29, 1.82) is 0 Å². The molecule has 0 aliphatic heterocycles. The van der Waals surface area contributed by atoms with Gasteiger partial charge < -0.3 is 30.3 Å². The number of likely N-dealkylation sites (N-methyl/N-ethyl adjacent to an activating group) is 1. The molecule has 0 saturated heterocycles. The Morgan fingerprint density at radius 2 is 1.81 bits per heavy atom. The number of ether oxygens (including phenoxy) is 2. The summed E-state index contributed by atoms with van der Waals surface area (Å²) >= 11 is 6.23. The fourth-order valence-corrected chi connectivity index (χ4v) is 2.60. The normalized spacial score (nSPS) is 10.6. The molecule has 0 atom stereocenters. The number of carbonyl (C=O) groups excluding carboxylic acids is 2. The van der Waals surface area contributed by atoms with Crippen LogP contribution in [0.5, 0.6) is 5.75 Å². The van der Waals surface area contributed by atoms with E-state index in [-0.39, 0.29) is 10.9 Å². The van der Waals surface area contributed by atoms with E-state index in [0.29, 0.717) is 36.7 Å². The summed E-state index contributed by atoms with van der Waals surface area (Å²) in [5.74, 6) is 0.0453. The molecule has 0 heterocycles. The van der Waals surface area contributed by atoms with Crippen molar-refractivity contribution in [2.75, 3.05) is 58.9 Å². The smallest absolute Gasteiger partial charge is 0.319 e. The lowest BCUT2D eigenvalue weighted by atomic mass is 10.1. The van der Waals surface area contributed by atoms with Crippen LogP contribution in [0.2, 0.25) is 5.02 Å². The number of urea groups is 1. The van der Waals surface area contributed by atoms with Gasteiger partial charge in [0.1, 0.15) is 5.75 Å². The molecule has 0 radical (unpaired) electrons. The van der Waals surface area contributed by atoms with Crippen LogP contribution in [0, 0.1) is 0 Å². The number of amides is 3. The molecular formula is C18H29ClN4O4. The van der Waals surface area contributed by atoms with Crippen molar-refractivity contribution in [1.82, 2.24) is 15.5 Å². The molecular weight excluding hydrogens is 372 g/mol. The minimum absolute atomic E-state index is 0.242. The minimum Gasteiger partial charge on any atom is -0.496 e. The topological polar surface area (TPSA) is 91.9 Å². The molecule has 9 heteroatoms. The van der Waals surface area contributed by atoms with Gasteiger partial charge in [0.15, 0.2) is 0 Å². The molecule has 3 N–H and O–H groups in total. The van der Waals surface area contributed by atoms with Gasteiger partial charge in [0.2, 0.25) is 0 Å². The van der Waals surface area contributed by atoms with E-state index < -0.39 is 6.03 Å². The van der Waals surface area contributed by atoms with Gasteiger partial charge in [-0.15, -0.1) is 0 Å². The number of methoxy groups -OCH3 is 2. The largest absolute Gasteiger partial charge is 0.496 e. The number of hydrogen-bond donors (Lipinski definition) is 3. The molecule has 0 aromatic heterocycles. The number of rotatable bonds is 11. The second-order valence-corrected chi connectivity index (χ2v) is 6.10. The molecule has 27 heavy (non-hydrogen) atoms. The third kappa shape index (κ3) is 7.62. The molecule has 0 bridgehead atoms. The highest BCUT2D eigenvalue weighted by molar-refractivity contribution is 6.34. The zero-order chi connectivity index (χ0) is 20.2. The second kappa shape index (κ2) is 12.4. The van der Waals surface area contributed by atoms with Crippen molar-refractivity contribution in [3.8, 4) is 5.75 Å². The van der Waals surface area contributed by atoms with Crippen LogP contribution in [-0.4, -0.2) is 70.4 Å². The molecule has 152 valence electrons. The fraction of sp³-hybridized carbons (Fsp3) is 0.556. The molecule has 1 rings (SSSR count). The van der Waals surface area contributed by atoms with Gasteiger partial charge in [-0.1, -0.05) is 25.4 Å². The highest BCUT2D eigenvalue weighted by Crippen LogP contribution is 2.31. The van der Waals surface area contributed by atoms with Crippen LogP contribution < -0.4 is 20.7 Å². The lowest BCUT2D eigenvalue weighted by Crippen LogP contribution is -2.35. The highest BCUT2D eigenvalue weighted by Gasteiger charge is 2.17. The van der Waals surface area contributed by atoms with Gasteiger partial charge in [0.05, 0.1) is 30.0 Å². The fourth-order valence-electron chi connectivity index (χ4n) is 2.39. The summed E-state index contributed by atoms with van der Waals surface area (Å²) in [5, 5.41) is 8.36. The van der Waals surface area contributed by atoms with E-state index in [4.69, 9.17) is 21.1 Å². The average molecular weight is 401 g/mol. The Bertz CT molecular complexity index is 624. The van der Waals surface area contributed by atoms with E-state index in [1.54, 1.807) is 7.11 Å². The van der Waals surface area contributed by atoms with Gasteiger partial charge in [0, 0.05) is 32.8 Å². The summed E-state index contributed by atoms with van der Waals surface area (Å²) in [7, 11) is 3.01. The first-order valence-electron chi connectivity index (χ1n) is 8.88. The van der Waals surface area contributed by atoms with Crippen LogP contribution >= 0.6 is 11.6 Å². The van der Waals surface area contributed by atoms with Crippen LogP contribution in [0.15, 0.2) is 12.1 Å². The third-order valence-electron chi connectivity index (χ3n) is 3.98. The van der Waals surface area contributed by atoms with Crippen molar-refractivity contribution in [2.45, 2.75) is 13.8 Å². The first-order chi connectivity index (χ1) is 13.0. The quantitative estimate of drug-likeness (QED) is 0.495. The molecule has 0 saturated carbocycles. The van der Waals surface area contributed by atoms with Crippen molar-refractivity contribution < 1.29 is 19.1 Å². The van der Waals surface area contributed by atoms with Crippen LogP contribution in [0.4, 0.5) is 10.5 Å². The maximum atomic E-state index is 12.5. The van der Waals surface area contributed by atoms with Crippen LogP contribution in [0.1, 0.15) is 24.2 Å². The third-order valence-corrected chi connectivity index (χ3v) is 4.29. The average Bonchev–Trinajstić information content (AvgIpc) is 2.66. The highest BCUT2D eigenvalue weighted by atomic mass is 35.5. The van der Waals surface area contributed by atoms with E-state index in [9.17, 15) is 9.59 Å². The van der Waals surface area contributed by atoms with Crippen LogP contribution in [0.3, 0.4) is 0 Å². The number of anilines is 1. The Kier molecular flexibility index (Phi) is 10.5. The number of nitrogens with zero attached hydrogens (tertiary/aromatic N) is 1. The van der Waals surface area contributed by atoms with Crippen molar-refractivity contribution >= 4 is 29.2 Å². The summed E-state index contributed by atoms with van der Waals surface area (Å²) in [4.78, 5) is 26.5. The Balaban J connectivity index is 2.77. The van der Waals surface area contributed by atoms with E-state index in [1.165, 1.54) is 19.2 Å². The first kappa shape index (κ1) is 23.0. The predicted octanol–water partition coefficient (Wildman–Crippen LogP) is 2.19. The Morgan fingerprint density at radius 1 is 1.11 bits per heavy atom. The molecule has 8 nitrogen and oxygen atoms in total. The summed E-state index contributed by atoms with van der Waals surface area (Å²) in [6.07, 6.45) is 0. The molecule has 0 aliphatic rings. The predicted molar refractivity (Wildman–Crippen MR) is 107 cm³/mol. The van der Waals surface area contributed by atoms with Crippen LogP contribution in [0.25, 0.3) is 0 Å². The zero-order valence-corrected chi connectivity index (χ0v) is 17.1.